The quantitative estimate of drug-likeness (QED) is 0.0259. The Balaban J connectivity index is 1.26. The summed E-state index contributed by atoms with van der Waals surface area (Å²) < 4.78 is 0. The zero-order valence-corrected chi connectivity index (χ0v) is 56.7. The minimum absolute atomic E-state index is 0.000990. The molecule has 3 aromatic rings. The summed E-state index contributed by atoms with van der Waals surface area (Å²) in [6, 6.07) is 1.41. The van der Waals surface area contributed by atoms with Crippen LogP contribution in [0.1, 0.15) is 96.6 Å². The number of carbonyl (C=O) groups is 14. The van der Waals surface area contributed by atoms with Crippen LogP contribution in [0.5, 0.6) is 0 Å². The van der Waals surface area contributed by atoms with Crippen molar-refractivity contribution in [2.24, 2.45) is 39.8 Å². The number of hydrogen-bond donors (Lipinski definition) is 14. The minimum Gasteiger partial charge on any atom is -0.481 e. The lowest BCUT2D eigenvalue weighted by atomic mass is 10.00. The Morgan fingerprint density at radius 1 is 0.663 bits per heavy atom. The molecule has 5 aliphatic heterocycles. The highest BCUT2D eigenvalue weighted by atomic mass is 32.2. The Kier molecular flexibility index (Phi) is 27.8. The van der Waals surface area contributed by atoms with E-state index in [0.717, 1.165) is 21.6 Å². The van der Waals surface area contributed by atoms with Crippen molar-refractivity contribution in [3.63, 3.8) is 0 Å². The van der Waals surface area contributed by atoms with Gasteiger partial charge in [0.25, 0.3) is 5.24 Å². The van der Waals surface area contributed by atoms with Crippen LogP contribution < -0.4 is 65.5 Å². The van der Waals surface area contributed by atoms with Crippen LogP contribution >= 0.6 is 23.5 Å². The van der Waals surface area contributed by atoms with Gasteiger partial charge >= 0.3 is 5.97 Å². The van der Waals surface area contributed by atoms with Crippen molar-refractivity contribution < 1.29 is 72.2 Å². The SMILES string of the molecule is CC(C)C[C@@H]1NC(=O)SCC(C(=O)CN)NC(=O)[C@H](CC(C)C)NC(=O)[C@H](Cc2ccccc2)NC(=O)[C@@H]2CCCN2C(=O)[C@H](CCCN=C(N)N)NC(=O)[C@H](CCC(N)=O)NC(=O)CN2CC3SC[C@H](NC(=O)[C@H](Cc4c[nH]c5ccccc45)NC1=O)C(=O)N3[C@@H](CC(=O)O)C2=O. The second kappa shape index (κ2) is 35.8. The number of rotatable bonds is 19. The number of carbonyl (C=O) groups excluding carboxylic acids is 13. The number of amides is 12. The first-order valence-corrected chi connectivity index (χ1v) is 34.6. The zero-order chi connectivity index (χ0) is 71.5. The van der Waals surface area contributed by atoms with E-state index >= 15 is 0 Å². The maximum atomic E-state index is 14.9. The number of aliphatic carboxylic acids is 1. The zero-order valence-electron chi connectivity index (χ0n) is 55.1. The number of aliphatic imine (C=N–C) groups is 1. The molecule has 5 saturated heterocycles. The maximum absolute atomic E-state index is 14.9. The fourth-order valence-electron chi connectivity index (χ4n) is 12.1. The molecule has 11 atom stereocenters. The summed E-state index contributed by atoms with van der Waals surface area (Å²) in [5.41, 5.74) is 24.4. The molecule has 2 aromatic carbocycles. The van der Waals surface area contributed by atoms with E-state index in [2.05, 4.69) is 52.5 Å². The molecule has 98 heavy (non-hydrogen) atoms. The van der Waals surface area contributed by atoms with E-state index < -0.39 is 186 Å². The second-order valence-corrected chi connectivity index (χ2v) is 27.7. The predicted molar refractivity (Wildman–Crippen MR) is 362 cm³/mol. The van der Waals surface area contributed by atoms with E-state index in [4.69, 9.17) is 22.9 Å². The number of benzene rings is 2. The van der Waals surface area contributed by atoms with Gasteiger partial charge in [-0.2, -0.15) is 0 Å². The van der Waals surface area contributed by atoms with Crippen molar-refractivity contribution in [3.8, 4) is 0 Å². The van der Waals surface area contributed by atoms with Gasteiger partial charge in [-0.25, -0.2) is 0 Å². The van der Waals surface area contributed by atoms with E-state index in [-0.39, 0.29) is 94.5 Å². The van der Waals surface area contributed by atoms with Crippen molar-refractivity contribution in [2.45, 2.75) is 164 Å². The van der Waals surface area contributed by atoms with Crippen LogP contribution in [0.4, 0.5) is 4.79 Å². The van der Waals surface area contributed by atoms with Gasteiger partial charge < -0.3 is 90.3 Å². The summed E-state index contributed by atoms with van der Waals surface area (Å²) in [4.78, 5) is 209. The van der Waals surface area contributed by atoms with Crippen molar-refractivity contribution in [2.75, 3.05) is 44.2 Å². The molecule has 12 amide bonds. The third-order valence-electron chi connectivity index (χ3n) is 17.0. The minimum atomic E-state index is -1.73. The van der Waals surface area contributed by atoms with Crippen LogP contribution in [0.15, 0.2) is 65.8 Å². The van der Waals surface area contributed by atoms with E-state index in [1.807, 2.05) is 0 Å². The van der Waals surface area contributed by atoms with Gasteiger partial charge in [0.1, 0.15) is 54.4 Å². The van der Waals surface area contributed by atoms with Crippen LogP contribution in [0.3, 0.4) is 0 Å². The van der Waals surface area contributed by atoms with E-state index in [1.165, 1.54) is 4.90 Å². The normalized spacial score (nSPS) is 25.6. The fraction of sp³-hybridized carbons (Fsp3) is 0.547. The van der Waals surface area contributed by atoms with Gasteiger partial charge in [-0.1, -0.05) is 88.0 Å². The van der Waals surface area contributed by atoms with Gasteiger partial charge in [-0.05, 0) is 74.0 Å². The molecular weight excluding hydrogens is 1310 g/mol. The number of guanidine groups is 1. The number of aromatic amines is 1. The van der Waals surface area contributed by atoms with Gasteiger partial charge in [0.15, 0.2) is 11.7 Å². The first-order chi connectivity index (χ1) is 46.6. The van der Waals surface area contributed by atoms with Gasteiger partial charge in [-0.3, -0.25) is 72.1 Å². The van der Waals surface area contributed by atoms with Crippen molar-refractivity contribution in [3.05, 3.63) is 71.9 Å². The Labute approximate surface area is 574 Å². The number of hydrogen-bond acceptors (Lipinski definition) is 18. The lowest BCUT2D eigenvalue weighted by Crippen LogP contribution is -2.69. The smallest absolute Gasteiger partial charge is 0.305 e. The topological polar surface area (TPSA) is 497 Å². The molecule has 4 bridgehead atoms. The second-order valence-electron chi connectivity index (χ2n) is 25.5. The number of piperazine rings is 1. The number of carboxylic acids is 1. The third kappa shape index (κ3) is 21.3. The summed E-state index contributed by atoms with van der Waals surface area (Å²) in [6.07, 6.45) is -0.0868. The number of para-hydroxylation sites is 1. The largest absolute Gasteiger partial charge is 0.481 e. The summed E-state index contributed by atoms with van der Waals surface area (Å²) in [5, 5.41) is 30.6. The third-order valence-corrected chi connectivity index (χ3v) is 19.1. The van der Waals surface area contributed by atoms with Gasteiger partial charge in [0.05, 0.1) is 37.5 Å². The summed E-state index contributed by atoms with van der Waals surface area (Å²) in [6.45, 7) is 5.40. The Morgan fingerprint density at radius 3 is 1.95 bits per heavy atom. The van der Waals surface area contributed by atoms with E-state index in [9.17, 15) is 72.2 Å². The molecule has 8 rings (SSSR count). The number of Topliss-reactive ketones (excluding diaryl/α,β-unsaturated/α-hetero) is 1. The molecule has 0 saturated carbocycles. The highest BCUT2D eigenvalue weighted by Crippen LogP contribution is 2.33. The molecular formula is C64H89N17O15S2. The molecule has 18 N–H and O–H groups in total. The lowest BCUT2D eigenvalue weighted by Gasteiger charge is -2.49. The molecule has 2 unspecified atom stereocenters. The van der Waals surface area contributed by atoms with Crippen LogP contribution in [0.2, 0.25) is 0 Å². The Bertz CT molecular complexity index is 3480. The molecule has 0 aliphatic carbocycles. The number of nitrogens with zero attached hydrogens (tertiary/aromatic N) is 4. The number of nitrogens with two attached hydrogens (primary N) is 4. The van der Waals surface area contributed by atoms with E-state index in [1.54, 1.807) is 88.5 Å². The molecule has 32 nitrogen and oxygen atoms in total. The first kappa shape index (κ1) is 76.1. The summed E-state index contributed by atoms with van der Waals surface area (Å²) >= 11 is 1.61. The standard InChI is InChI=1S/C64H89N17O15S2/c1-33(2)22-41-55(88)76-45(49(82)27-65)31-98-64(96)78-42(23-34(3)4)56(89)74-44(25-36-28-70-38-15-9-8-14-37(36)38)58(91)77-46-32-97-52-30-79(62(95)48(26-53(85)86)81(52)61(46)94)29-51(84)71-39(18-19-50(66)83)54(87)72-40(16-10-20-69-63(67)68)60(93)80-21-11-17-47(80)59(92)75-43(57(90)73-41)24-35-12-6-5-7-13-35/h5-9,12-15,28,33-34,39-48,52,70H,10-11,16-27,29-32,65H2,1-4H3,(H2,66,83)(H,71,84)(H,72,87)(H,73,90)(H,74,89)(H,75,92)(H,76,88)(H,77,91)(H,78,96)(H,85,86)(H4,67,68,69)/t39-,40-,41-,42-,43-,44-,45?,46-,47-,48-,52?/m0/s1. The summed E-state index contributed by atoms with van der Waals surface area (Å²) in [7, 11) is 0. The number of thioether (sulfide) groups is 2. The number of nitrogens with one attached hydrogen (secondary N) is 9. The molecule has 0 spiro atoms. The maximum Gasteiger partial charge on any atom is 0.305 e. The lowest BCUT2D eigenvalue weighted by molar-refractivity contribution is -0.159. The number of primary amides is 1. The molecule has 0 radical (unpaired) electrons. The number of fused-ring (bicyclic) bond motifs is 28. The van der Waals surface area contributed by atoms with Gasteiger partial charge in [-0.15, -0.1) is 11.8 Å². The van der Waals surface area contributed by atoms with Crippen LogP contribution in [0.25, 0.3) is 10.9 Å². The van der Waals surface area contributed by atoms with E-state index in [0.29, 0.717) is 33.8 Å². The predicted octanol–water partition coefficient (Wildman–Crippen LogP) is -2.31. The number of H-pyrrole nitrogens is 1. The van der Waals surface area contributed by atoms with Crippen LogP contribution in [-0.4, -0.2) is 223 Å². The van der Waals surface area contributed by atoms with Gasteiger partial charge in [0, 0.05) is 61.0 Å². The summed E-state index contributed by atoms with van der Waals surface area (Å²) in [5.74, 6) is -13.0. The monoisotopic (exact) mass is 1400 g/mol. The number of carboxylic acid groups (broad SMARTS) is 1. The Hall–Kier alpha value is -9.31. The molecule has 5 fully saturated rings. The molecule has 532 valence electrons. The van der Waals surface area contributed by atoms with Crippen LogP contribution in [-0.2, 0) is 75.2 Å². The first-order valence-electron chi connectivity index (χ1n) is 32.6. The van der Waals surface area contributed by atoms with Crippen molar-refractivity contribution in [1.82, 2.24) is 62.2 Å². The Morgan fingerprint density at radius 2 is 1.28 bits per heavy atom. The average Bonchev–Trinajstić information content (AvgIpc) is 0.953. The molecule has 1 aromatic heterocycles. The number of aromatic nitrogens is 1. The van der Waals surface area contributed by atoms with Crippen molar-refractivity contribution in [1.29, 1.82) is 0 Å². The fourth-order valence-corrected chi connectivity index (χ4v) is 14.3. The molecule has 6 heterocycles. The number of ketones is 1. The highest BCUT2D eigenvalue weighted by molar-refractivity contribution is 8.13. The molecule has 5 aliphatic rings. The van der Waals surface area contributed by atoms with Crippen molar-refractivity contribution >= 4 is 122 Å². The van der Waals surface area contributed by atoms with Crippen LogP contribution in [0, 0.1) is 11.8 Å². The van der Waals surface area contributed by atoms with Gasteiger partial charge in [0.2, 0.25) is 65.0 Å². The molecule has 34 heteroatoms. The highest BCUT2D eigenvalue weighted by Gasteiger charge is 2.50. The average molecular weight is 1400 g/mol.